The fourth-order valence-electron chi connectivity index (χ4n) is 0.773. The van der Waals surface area contributed by atoms with Crippen LogP contribution in [-0.2, 0) is 0 Å². The summed E-state index contributed by atoms with van der Waals surface area (Å²) in [4.78, 5) is 0. The van der Waals surface area contributed by atoms with Crippen LogP contribution >= 0.6 is 0 Å². The molecule has 0 saturated carbocycles. The smallest absolute Gasteiger partial charge is 0.269 e. The summed E-state index contributed by atoms with van der Waals surface area (Å²) in [6.07, 6.45) is 1.16. The molecule has 0 spiro atoms. The van der Waals surface area contributed by atoms with Crippen LogP contribution in [0.4, 0.5) is 8.78 Å². The lowest BCUT2D eigenvalue weighted by Gasteiger charge is -1.98. The Kier molecular flexibility index (Phi) is 6.03. The number of unbranched alkanes of at least 4 members (excludes halogenated alkanes) is 2. The van der Waals surface area contributed by atoms with Gasteiger partial charge < -0.3 is 5.11 Å². The molecule has 11 heavy (non-hydrogen) atoms. The highest BCUT2D eigenvalue weighted by Crippen LogP contribution is 2.14. The zero-order chi connectivity index (χ0) is 8.69. The van der Waals surface area contributed by atoms with Gasteiger partial charge in [-0.3, -0.25) is 0 Å². The van der Waals surface area contributed by atoms with Gasteiger partial charge in [0.05, 0.1) is 0 Å². The summed E-state index contributed by atoms with van der Waals surface area (Å²) in [5, 5.41) is 8.38. The molecule has 0 radical (unpaired) electrons. The van der Waals surface area contributed by atoms with Crippen molar-refractivity contribution in [1.29, 1.82) is 0 Å². The van der Waals surface area contributed by atoms with Gasteiger partial charge >= 0.3 is 0 Å². The van der Waals surface area contributed by atoms with E-state index in [4.69, 9.17) is 5.11 Å². The van der Waals surface area contributed by atoms with E-state index < -0.39 is 6.08 Å². The quantitative estimate of drug-likeness (QED) is 0.619. The first-order valence-electron chi connectivity index (χ1n) is 3.80. The number of halogens is 2. The molecule has 0 aromatic heterocycles. The lowest BCUT2D eigenvalue weighted by Crippen LogP contribution is -1.84. The van der Waals surface area contributed by atoms with Gasteiger partial charge in [0, 0.05) is 6.61 Å². The maximum absolute atomic E-state index is 11.8. The molecule has 0 fully saturated rings. The van der Waals surface area contributed by atoms with Crippen molar-refractivity contribution in [2.75, 3.05) is 6.61 Å². The largest absolute Gasteiger partial charge is 0.396 e. The summed E-state index contributed by atoms with van der Waals surface area (Å²) < 4.78 is 23.5. The third kappa shape index (κ3) is 5.98. The molecule has 0 unspecified atom stereocenters. The van der Waals surface area contributed by atoms with Gasteiger partial charge in [-0.1, -0.05) is 6.42 Å². The number of hydrogen-bond donors (Lipinski definition) is 1. The number of rotatable bonds is 5. The topological polar surface area (TPSA) is 20.2 Å². The van der Waals surface area contributed by atoms with Crippen molar-refractivity contribution in [3.63, 3.8) is 0 Å². The second-order valence-corrected chi connectivity index (χ2v) is 2.58. The van der Waals surface area contributed by atoms with Crippen LogP contribution in [0, 0.1) is 0 Å². The standard InChI is InChI=1S/C8H14F2O/c1-7(8(9)10)5-3-2-4-6-11/h11H,2-6H2,1H3. The van der Waals surface area contributed by atoms with Crippen molar-refractivity contribution < 1.29 is 13.9 Å². The normalized spacial score (nSPS) is 9.82. The van der Waals surface area contributed by atoms with Crippen molar-refractivity contribution in [2.24, 2.45) is 0 Å². The molecule has 1 N–H and O–H groups in total. The van der Waals surface area contributed by atoms with Gasteiger partial charge in [-0.15, -0.1) is 0 Å². The Balaban J connectivity index is 3.32. The lowest BCUT2D eigenvalue weighted by atomic mass is 10.1. The predicted octanol–water partition coefficient (Wildman–Crippen LogP) is 2.71. The SMILES string of the molecule is CC(CCCCCO)=C(F)F. The monoisotopic (exact) mass is 164 g/mol. The van der Waals surface area contributed by atoms with Crippen LogP contribution in [0.25, 0.3) is 0 Å². The number of hydrogen-bond acceptors (Lipinski definition) is 1. The van der Waals surface area contributed by atoms with Crippen molar-refractivity contribution in [3.8, 4) is 0 Å². The van der Waals surface area contributed by atoms with Crippen molar-refractivity contribution in [3.05, 3.63) is 11.7 Å². The van der Waals surface area contributed by atoms with Crippen molar-refractivity contribution >= 4 is 0 Å². The van der Waals surface area contributed by atoms with Crippen LogP contribution in [0.15, 0.2) is 11.7 Å². The zero-order valence-electron chi connectivity index (χ0n) is 6.74. The molecular formula is C8H14F2O. The average Bonchev–Trinajstić information content (AvgIpc) is 1.97. The summed E-state index contributed by atoms with van der Waals surface area (Å²) in [5.41, 5.74) is 0.169. The molecule has 0 aliphatic heterocycles. The van der Waals surface area contributed by atoms with Gasteiger partial charge in [0.1, 0.15) is 0 Å². The third-order valence-corrected chi connectivity index (χ3v) is 1.53. The highest BCUT2D eigenvalue weighted by atomic mass is 19.3. The summed E-state index contributed by atoms with van der Waals surface area (Å²) in [5.74, 6) is 0. The molecule has 3 heteroatoms. The minimum Gasteiger partial charge on any atom is -0.396 e. The molecule has 0 bridgehead atoms. The molecule has 0 atom stereocenters. The fraction of sp³-hybridized carbons (Fsp3) is 0.750. The van der Waals surface area contributed by atoms with Crippen molar-refractivity contribution in [1.82, 2.24) is 0 Å². The molecule has 0 rings (SSSR count). The Morgan fingerprint density at radius 1 is 1.18 bits per heavy atom. The Bertz CT molecular complexity index is 128. The molecule has 0 aliphatic rings. The number of aliphatic hydroxyl groups is 1. The first-order chi connectivity index (χ1) is 5.18. The molecular weight excluding hydrogens is 150 g/mol. The van der Waals surface area contributed by atoms with E-state index in [1.807, 2.05) is 0 Å². The summed E-state index contributed by atoms with van der Waals surface area (Å²) >= 11 is 0. The predicted molar refractivity (Wildman–Crippen MR) is 40.5 cm³/mol. The van der Waals surface area contributed by atoms with Crippen LogP contribution in [0.1, 0.15) is 32.6 Å². The van der Waals surface area contributed by atoms with Gasteiger partial charge in [0.15, 0.2) is 0 Å². The van der Waals surface area contributed by atoms with Crippen molar-refractivity contribution in [2.45, 2.75) is 32.6 Å². The van der Waals surface area contributed by atoms with Gasteiger partial charge in [-0.05, 0) is 31.8 Å². The Morgan fingerprint density at radius 2 is 1.82 bits per heavy atom. The van der Waals surface area contributed by atoms with Crippen LogP contribution in [0.2, 0.25) is 0 Å². The number of allylic oxidation sites excluding steroid dienone is 1. The minimum atomic E-state index is -1.56. The van der Waals surface area contributed by atoms with E-state index in [9.17, 15) is 8.78 Å². The highest BCUT2D eigenvalue weighted by Gasteiger charge is 1.98. The maximum atomic E-state index is 11.8. The Hall–Kier alpha value is -0.440. The molecule has 66 valence electrons. The van der Waals surface area contributed by atoms with E-state index >= 15 is 0 Å². The van der Waals surface area contributed by atoms with Gasteiger partial charge in [-0.2, -0.15) is 8.78 Å². The zero-order valence-corrected chi connectivity index (χ0v) is 6.74. The Labute approximate surface area is 65.7 Å². The first-order valence-corrected chi connectivity index (χ1v) is 3.80. The van der Waals surface area contributed by atoms with Gasteiger partial charge in [0.2, 0.25) is 0 Å². The highest BCUT2D eigenvalue weighted by molar-refractivity contribution is 4.97. The van der Waals surface area contributed by atoms with E-state index in [2.05, 4.69) is 0 Å². The lowest BCUT2D eigenvalue weighted by molar-refractivity contribution is 0.283. The van der Waals surface area contributed by atoms with E-state index in [1.54, 1.807) is 0 Å². The van der Waals surface area contributed by atoms with Crippen LogP contribution < -0.4 is 0 Å². The molecule has 0 amide bonds. The van der Waals surface area contributed by atoms with Crippen LogP contribution in [0.3, 0.4) is 0 Å². The fourth-order valence-corrected chi connectivity index (χ4v) is 0.773. The molecule has 0 aromatic carbocycles. The molecule has 1 nitrogen and oxygen atoms in total. The van der Waals surface area contributed by atoms with Gasteiger partial charge in [-0.25, -0.2) is 0 Å². The average molecular weight is 164 g/mol. The molecule has 0 aromatic rings. The van der Waals surface area contributed by atoms with Gasteiger partial charge in [0.25, 0.3) is 6.08 Å². The third-order valence-electron chi connectivity index (χ3n) is 1.53. The van der Waals surface area contributed by atoms with Crippen LogP contribution in [0.5, 0.6) is 0 Å². The summed E-state index contributed by atoms with van der Waals surface area (Å²) in [6, 6.07) is 0. The molecule has 0 heterocycles. The first kappa shape index (κ1) is 10.6. The van der Waals surface area contributed by atoms with E-state index in [-0.39, 0.29) is 12.2 Å². The number of aliphatic hydroxyl groups excluding tert-OH is 1. The van der Waals surface area contributed by atoms with E-state index in [0.29, 0.717) is 12.8 Å². The second kappa shape index (κ2) is 6.28. The summed E-state index contributed by atoms with van der Waals surface area (Å²) in [6.45, 7) is 1.59. The maximum Gasteiger partial charge on any atom is 0.269 e. The van der Waals surface area contributed by atoms with Crippen LogP contribution in [-0.4, -0.2) is 11.7 Å². The molecule has 0 saturated heterocycles. The summed E-state index contributed by atoms with van der Waals surface area (Å²) in [7, 11) is 0. The Morgan fingerprint density at radius 3 is 2.27 bits per heavy atom. The minimum absolute atomic E-state index is 0.154. The second-order valence-electron chi connectivity index (χ2n) is 2.58. The van der Waals surface area contributed by atoms with E-state index in [0.717, 1.165) is 12.8 Å². The molecule has 0 aliphatic carbocycles. The van der Waals surface area contributed by atoms with E-state index in [1.165, 1.54) is 6.92 Å².